The highest BCUT2D eigenvalue weighted by Crippen LogP contribution is 2.44. The maximum atomic E-state index is 10.3. The van der Waals surface area contributed by atoms with Crippen LogP contribution in [0.15, 0.2) is 0 Å². The Morgan fingerprint density at radius 1 is 1.45 bits per heavy atom. The topological polar surface area (TPSA) is 77.8 Å². The Kier molecular flexibility index (Phi) is 4.13. The highest BCUT2D eigenvalue weighted by molar-refractivity contribution is 7.52. The van der Waals surface area contributed by atoms with Crippen molar-refractivity contribution in [3.8, 4) is 0 Å². The third-order valence-electron chi connectivity index (χ3n) is 0.765. The zero-order valence-corrected chi connectivity index (χ0v) is 8.28. The molecule has 3 N–H and O–H groups in total. The number of rotatable bonds is 3. The molecular formula is C3H6Cl3O4P. The maximum absolute atomic E-state index is 10.3. The van der Waals surface area contributed by atoms with Gasteiger partial charge in [0.05, 0.1) is 6.16 Å². The van der Waals surface area contributed by atoms with Gasteiger partial charge < -0.3 is 14.9 Å². The van der Waals surface area contributed by atoms with E-state index in [9.17, 15) is 4.57 Å². The minimum atomic E-state index is -4.35. The molecule has 0 aliphatic carbocycles. The standard InChI is InChI=1S/C3H6Cl3O4P/c4-2(7)3(5,6)1-11(8,9)10/h2,7H,1H2,(H2,8,9,10). The molecule has 0 aromatic heterocycles. The highest BCUT2D eigenvalue weighted by Gasteiger charge is 2.38. The lowest BCUT2D eigenvalue weighted by Gasteiger charge is -2.20. The van der Waals surface area contributed by atoms with Crippen LogP contribution in [-0.2, 0) is 4.57 Å². The van der Waals surface area contributed by atoms with Crippen LogP contribution in [-0.4, -0.2) is 31.0 Å². The Hall–Kier alpha value is 0.980. The van der Waals surface area contributed by atoms with Gasteiger partial charge in [-0.05, 0) is 0 Å². The smallest absolute Gasteiger partial charge is 0.328 e. The summed E-state index contributed by atoms with van der Waals surface area (Å²) in [6.45, 7) is 0. The van der Waals surface area contributed by atoms with Gasteiger partial charge in [-0.25, -0.2) is 0 Å². The van der Waals surface area contributed by atoms with Crippen molar-refractivity contribution < 1.29 is 19.5 Å². The minimum absolute atomic E-state index is 0.881. The first-order valence-corrected chi connectivity index (χ1v) is 5.39. The first-order valence-electron chi connectivity index (χ1n) is 2.40. The van der Waals surface area contributed by atoms with E-state index in [2.05, 4.69) is 0 Å². The van der Waals surface area contributed by atoms with Crippen LogP contribution in [0.1, 0.15) is 0 Å². The predicted molar refractivity (Wildman–Crippen MR) is 43.2 cm³/mol. The Bertz CT molecular complexity index is 175. The van der Waals surface area contributed by atoms with E-state index in [-0.39, 0.29) is 0 Å². The summed E-state index contributed by atoms with van der Waals surface area (Å²) < 4.78 is 8.29. The van der Waals surface area contributed by atoms with E-state index < -0.39 is 23.7 Å². The average Bonchev–Trinajstić information content (AvgIpc) is 1.56. The lowest BCUT2D eigenvalue weighted by atomic mass is 10.5. The third kappa shape index (κ3) is 5.26. The number of alkyl halides is 3. The molecule has 0 amide bonds. The fourth-order valence-corrected chi connectivity index (χ4v) is 2.19. The van der Waals surface area contributed by atoms with Crippen LogP contribution in [0.25, 0.3) is 0 Å². The molecule has 0 saturated carbocycles. The molecule has 1 atom stereocenters. The quantitative estimate of drug-likeness (QED) is 0.508. The number of aliphatic hydroxyl groups excluding tert-OH is 1. The molecule has 11 heavy (non-hydrogen) atoms. The van der Waals surface area contributed by atoms with Crippen molar-refractivity contribution in [2.45, 2.75) is 9.90 Å². The van der Waals surface area contributed by atoms with E-state index in [1.165, 1.54) is 0 Å². The summed E-state index contributed by atoms with van der Waals surface area (Å²) in [5, 5.41) is 8.60. The van der Waals surface area contributed by atoms with Crippen molar-refractivity contribution >= 4 is 42.4 Å². The van der Waals surface area contributed by atoms with Crippen LogP contribution in [0.2, 0.25) is 0 Å². The number of hydrogen-bond donors (Lipinski definition) is 3. The van der Waals surface area contributed by atoms with Crippen LogP contribution >= 0.6 is 42.4 Å². The van der Waals surface area contributed by atoms with Crippen LogP contribution < -0.4 is 0 Å². The summed E-state index contributed by atoms with van der Waals surface area (Å²) >= 11 is 15.5. The van der Waals surface area contributed by atoms with Gasteiger partial charge in [0.15, 0.2) is 9.90 Å². The van der Waals surface area contributed by atoms with Crippen molar-refractivity contribution in [2.24, 2.45) is 0 Å². The van der Waals surface area contributed by atoms with Crippen molar-refractivity contribution in [3.63, 3.8) is 0 Å². The monoisotopic (exact) mass is 242 g/mol. The minimum Gasteiger partial charge on any atom is -0.374 e. The Morgan fingerprint density at radius 3 is 1.91 bits per heavy atom. The lowest BCUT2D eigenvalue weighted by Crippen LogP contribution is -2.30. The summed E-state index contributed by atoms with van der Waals surface area (Å²) in [5.41, 5.74) is -1.71. The van der Waals surface area contributed by atoms with Gasteiger partial charge in [0.25, 0.3) is 0 Å². The Balaban J connectivity index is 4.25. The molecule has 0 bridgehead atoms. The Morgan fingerprint density at radius 2 is 1.82 bits per heavy atom. The van der Waals surface area contributed by atoms with Crippen molar-refractivity contribution in [1.82, 2.24) is 0 Å². The van der Waals surface area contributed by atoms with Crippen LogP contribution in [0.4, 0.5) is 0 Å². The van der Waals surface area contributed by atoms with E-state index in [4.69, 9.17) is 49.7 Å². The van der Waals surface area contributed by atoms with Crippen LogP contribution in [0.5, 0.6) is 0 Å². The van der Waals surface area contributed by atoms with Gasteiger partial charge in [-0.1, -0.05) is 34.8 Å². The third-order valence-corrected chi connectivity index (χ3v) is 3.33. The first-order chi connectivity index (χ1) is 4.65. The molecule has 0 aliphatic rings. The molecule has 0 heterocycles. The summed E-state index contributed by atoms with van der Waals surface area (Å²) in [4.78, 5) is 16.7. The van der Waals surface area contributed by atoms with E-state index in [0.717, 1.165) is 0 Å². The number of hydrogen-bond acceptors (Lipinski definition) is 2. The van der Waals surface area contributed by atoms with E-state index in [1.807, 2.05) is 0 Å². The van der Waals surface area contributed by atoms with Gasteiger partial charge in [0, 0.05) is 0 Å². The van der Waals surface area contributed by atoms with E-state index in [1.54, 1.807) is 0 Å². The predicted octanol–water partition coefficient (Wildman–Crippen LogP) is 0.895. The van der Waals surface area contributed by atoms with E-state index >= 15 is 0 Å². The van der Waals surface area contributed by atoms with Crippen LogP contribution in [0, 0.1) is 0 Å². The zero-order valence-electron chi connectivity index (χ0n) is 5.12. The second-order valence-corrected chi connectivity index (χ2v) is 5.52. The van der Waals surface area contributed by atoms with Gasteiger partial charge >= 0.3 is 7.60 Å². The molecular weight excluding hydrogens is 237 g/mol. The molecule has 4 nitrogen and oxygen atoms in total. The summed E-state index contributed by atoms with van der Waals surface area (Å²) in [5.74, 6) is 0. The molecule has 68 valence electrons. The summed E-state index contributed by atoms with van der Waals surface area (Å²) in [7, 11) is -4.35. The molecule has 0 saturated heterocycles. The largest absolute Gasteiger partial charge is 0.374 e. The second kappa shape index (κ2) is 3.79. The fourth-order valence-electron chi connectivity index (χ4n) is 0.350. The lowest BCUT2D eigenvalue weighted by molar-refractivity contribution is 0.239. The second-order valence-electron chi connectivity index (χ2n) is 1.92. The molecule has 0 fully saturated rings. The SMILES string of the molecule is O=P(O)(O)CC(Cl)(Cl)C(O)Cl. The van der Waals surface area contributed by atoms with Crippen molar-refractivity contribution in [1.29, 1.82) is 0 Å². The first kappa shape index (κ1) is 12.0. The van der Waals surface area contributed by atoms with Crippen molar-refractivity contribution in [3.05, 3.63) is 0 Å². The fraction of sp³-hybridized carbons (Fsp3) is 1.00. The molecule has 0 spiro atoms. The van der Waals surface area contributed by atoms with Gasteiger partial charge in [0.2, 0.25) is 0 Å². The van der Waals surface area contributed by atoms with Crippen LogP contribution in [0.3, 0.4) is 0 Å². The van der Waals surface area contributed by atoms with E-state index in [0.29, 0.717) is 0 Å². The molecule has 1 unspecified atom stereocenters. The molecule has 0 radical (unpaired) electrons. The normalized spacial score (nSPS) is 16.5. The molecule has 0 rings (SSSR count). The summed E-state index contributed by atoms with van der Waals surface area (Å²) in [6.07, 6.45) is -0.881. The Labute approximate surface area is 78.2 Å². The maximum Gasteiger partial charge on any atom is 0.328 e. The zero-order chi connectivity index (χ0) is 9.28. The highest BCUT2D eigenvalue weighted by atomic mass is 35.5. The van der Waals surface area contributed by atoms with Gasteiger partial charge in [-0.3, -0.25) is 4.57 Å². The molecule has 0 aromatic rings. The molecule has 8 heteroatoms. The summed E-state index contributed by atoms with van der Waals surface area (Å²) in [6, 6.07) is 0. The van der Waals surface area contributed by atoms with Gasteiger partial charge in [0.1, 0.15) is 0 Å². The molecule has 0 aliphatic heterocycles. The van der Waals surface area contributed by atoms with Gasteiger partial charge in [-0.15, -0.1) is 0 Å². The van der Waals surface area contributed by atoms with Crippen molar-refractivity contribution in [2.75, 3.05) is 6.16 Å². The average molecular weight is 243 g/mol. The number of aliphatic hydroxyl groups is 1. The molecule has 0 aromatic carbocycles. The number of halogens is 3. The van der Waals surface area contributed by atoms with Gasteiger partial charge in [-0.2, -0.15) is 0 Å².